The van der Waals surface area contributed by atoms with Gasteiger partial charge < -0.3 is 15.1 Å². The predicted octanol–water partition coefficient (Wildman–Crippen LogP) is 2.32. The molecule has 39 heavy (non-hydrogen) atoms. The lowest BCUT2D eigenvalue weighted by Gasteiger charge is -2.08. The summed E-state index contributed by atoms with van der Waals surface area (Å²) in [7, 11) is 0. The van der Waals surface area contributed by atoms with E-state index in [0.29, 0.717) is 32.5 Å². The molecule has 4 aromatic heterocycles. The van der Waals surface area contributed by atoms with E-state index in [2.05, 4.69) is 36.2 Å². The van der Waals surface area contributed by atoms with Gasteiger partial charge in [0, 0.05) is 44.2 Å². The number of carbonyl (C=O) groups is 2. The highest BCUT2D eigenvalue weighted by Gasteiger charge is 2.30. The van der Waals surface area contributed by atoms with Crippen molar-refractivity contribution in [2.45, 2.75) is 58.0 Å². The standard InChI is InChI=1S/C24H24F3N9O3/c25-24(26,27)16-5-6-28-17(10-16)12-30-23(38)20-14-36(34-32-20)8-2-1-7-35-13-19(31-33-35)22(37)29-11-15-9-18-3-4-21(15)39-18/h5-6,9-10,13-14H,1-4,7-8,11-12H2,(H,29,37)(H,30,38). The summed E-state index contributed by atoms with van der Waals surface area (Å²) in [6.07, 6.45) is 2.77. The topological polar surface area (TPSA) is 146 Å². The zero-order chi connectivity index (χ0) is 27.4. The average molecular weight is 544 g/mol. The Balaban J connectivity index is 1.02. The molecule has 4 aromatic rings. The fraction of sp³-hybridized carbons (Fsp3) is 0.375. The number of nitrogens with zero attached hydrogens (tertiary/aromatic N) is 7. The third-order valence-electron chi connectivity index (χ3n) is 6.13. The second kappa shape index (κ2) is 11.0. The van der Waals surface area contributed by atoms with Crippen LogP contribution in [0.5, 0.6) is 0 Å². The number of hydrogen-bond donors (Lipinski definition) is 2. The maximum absolute atomic E-state index is 12.8. The van der Waals surface area contributed by atoms with E-state index in [0.717, 1.165) is 48.3 Å². The van der Waals surface area contributed by atoms with Gasteiger partial charge in [-0.3, -0.25) is 23.9 Å². The Morgan fingerprint density at radius 2 is 1.56 bits per heavy atom. The van der Waals surface area contributed by atoms with E-state index < -0.39 is 17.6 Å². The summed E-state index contributed by atoms with van der Waals surface area (Å²) >= 11 is 0. The molecule has 2 N–H and O–H groups in total. The van der Waals surface area contributed by atoms with Gasteiger partial charge in [-0.25, -0.2) is 0 Å². The fourth-order valence-corrected chi connectivity index (χ4v) is 4.10. The zero-order valence-corrected chi connectivity index (χ0v) is 20.6. The Labute approximate surface area is 219 Å². The van der Waals surface area contributed by atoms with Crippen LogP contribution in [0.3, 0.4) is 0 Å². The number of carbonyl (C=O) groups excluding carboxylic acids is 2. The van der Waals surface area contributed by atoms with Crippen LogP contribution in [0.4, 0.5) is 13.2 Å². The van der Waals surface area contributed by atoms with E-state index in [1.54, 1.807) is 10.9 Å². The number of rotatable bonds is 11. The number of unbranched alkanes of at least 4 members (excludes halogenated alkanes) is 1. The van der Waals surface area contributed by atoms with Gasteiger partial charge in [-0.1, -0.05) is 10.4 Å². The quantitative estimate of drug-likeness (QED) is 0.274. The second-order valence-corrected chi connectivity index (χ2v) is 9.00. The molecule has 2 amide bonds. The minimum Gasteiger partial charge on any atom is -0.466 e. The smallest absolute Gasteiger partial charge is 0.416 e. The molecular formula is C24H24F3N9O3. The lowest BCUT2D eigenvalue weighted by Crippen LogP contribution is -2.24. The van der Waals surface area contributed by atoms with Crippen LogP contribution in [0.2, 0.25) is 0 Å². The number of pyridine rings is 1. The molecule has 2 bridgehead atoms. The van der Waals surface area contributed by atoms with Crippen LogP contribution in [-0.4, -0.2) is 46.8 Å². The SMILES string of the molecule is O=C(NCc1cc(C(F)(F)F)ccn1)c1cn(CCCCn2cc(C(=O)NCc3cc4oc3CC4)nn2)nn1. The number of hydrogen-bond acceptors (Lipinski definition) is 8. The van der Waals surface area contributed by atoms with Crippen molar-refractivity contribution in [1.29, 1.82) is 0 Å². The summed E-state index contributed by atoms with van der Waals surface area (Å²) in [5.41, 5.74) is 0.488. The van der Waals surface area contributed by atoms with E-state index in [1.165, 1.54) is 10.9 Å². The van der Waals surface area contributed by atoms with Gasteiger partial charge in [0.15, 0.2) is 11.4 Å². The minimum absolute atomic E-state index is 0.0404. The van der Waals surface area contributed by atoms with E-state index in [9.17, 15) is 22.8 Å². The van der Waals surface area contributed by atoms with Gasteiger partial charge in [0.25, 0.3) is 11.8 Å². The van der Waals surface area contributed by atoms with Gasteiger partial charge >= 0.3 is 6.18 Å². The van der Waals surface area contributed by atoms with Crippen LogP contribution in [0.1, 0.15) is 62.2 Å². The number of fused-ring (bicyclic) bond motifs is 2. The van der Waals surface area contributed by atoms with Crippen LogP contribution in [0.25, 0.3) is 0 Å². The van der Waals surface area contributed by atoms with Gasteiger partial charge in [-0.05, 0) is 31.0 Å². The first-order valence-electron chi connectivity index (χ1n) is 12.2. The first kappa shape index (κ1) is 26.1. The molecule has 0 saturated carbocycles. The predicted molar refractivity (Wildman–Crippen MR) is 127 cm³/mol. The van der Waals surface area contributed by atoms with Crippen LogP contribution in [-0.2, 0) is 45.2 Å². The summed E-state index contributed by atoms with van der Waals surface area (Å²) in [5.74, 6) is 0.974. The molecule has 1 aliphatic rings. The number of alkyl halides is 3. The number of halogens is 3. The number of amides is 2. The minimum atomic E-state index is -4.49. The Morgan fingerprint density at radius 3 is 2.13 bits per heavy atom. The van der Waals surface area contributed by atoms with Crippen LogP contribution in [0, 0.1) is 0 Å². The first-order valence-corrected chi connectivity index (χ1v) is 12.2. The lowest BCUT2D eigenvalue weighted by atomic mass is 10.1. The summed E-state index contributed by atoms with van der Waals surface area (Å²) in [6.45, 7) is 1.21. The number of aryl methyl sites for hydroxylation is 4. The molecule has 12 nitrogen and oxygen atoms in total. The third-order valence-corrected chi connectivity index (χ3v) is 6.13. The molecule has 1 aliphatic heterocycles. The number of aromatic nitrogens is 7. The van der Waals surface area contributed by atoms with Gasteiger partial charge in [0.05, 0.1) is 30.2 Å². The first-order chi connectivity index (χ1) is 18.7. The summed E-state index contributed by atoms with van der Waals surface area (Å²) in [5, 5.41) is 21.0. The van der Waals surface area contributed by atoms with Crippen molar-refractivity contribution in [2.75, 3.05) is 0 Å². The van der Waals surface area contributed by atoms with E-state index >= 15 is 0 Å². The largest absolute Gasteiger partial charge is 0.466 e. The molecular weight excluding hydrogens is 519 g/mol. The normalized spacial score (nSPS) is 12.6. The van der Waals surface area contributed by atoms with Gasteiger partial charge in [-0.2, -0.15) is 13.2 Å². The van der Waals surface area contributed by atoms with E-state index in [-0.39, 0.29) is 29.5 Å². The molecule has 0 atom stereocenters. The maximum Gasteiger partial charge on any atom is 0.416 e. The van der Waals surface area contributed by atoms with Gasteiger partial charge in [0.1, 0.15) is 11.5 Å². The van der Waals surface area contributed by atoms with Gasteiger partial charge in [-0.15, -0.1) is 10.2 Å². The van der Waals surface area contributed by atoms with Gasteiger partial charge in [0.2, 0.25) is 0 Å². The fourth-order valence-electron chi connectivity index (χ4n) is 4.10. The van der Waals surface area contributed by atoms with Crippen molar-refractivity contribution in [3.8, 4) is 0 Å². The molecule has 5 heterocycles. The van der Waals surface area contributed by atoms with Crippen molar-refractivity contribution in [2.24, 2.45) is 0 Å². The molecule has 15 heteroatoms. The van der Waals surface area contributed by atoms with E-state index in [1.807, 2.05) is 6.07 Å². The van der Waals surface area contributed by atoms with E-state index in [4.69, 9.17) is 4.42 Å². The molecule has 0 radical (unpaired) electrons. The monoisotopic (exact) mass is 543 g/mol. The molecule has 0 aromatic carbocycles. The second-order valence-electron chi connectivity index (χ2n) is 9.00. The van der Waals surface area contributed by atoms with Crippen LogP contribution in [0.15, 0.2) is 41.2 Å². The van der Waals surface area contributed by atoms with Crippen molar-refractivity contribution in [3.63, 3.8) is 0 Å². The molecule has 0 spiro atoms. The molecule has 5 rings (SSSR count). The Morgan fingerprint density at radius 1 is 0.923 bits per heavy atom. The molecule has 0 unspecified atom stereocenters. The Hall–Kier alpha value is -4.56. The highest BCUT2D eigenvalue weighted by molar-refractivity contribution is 5.92. The van der Waals surface area contributed by atoms with Crippen molar-refractivity contribution in [3.05, 3.63) is 76.5 Å². The van der Waals surface area contributed by atoms with Crippen molar-refractivity contribution in [1.82, 2.24) is 45.6 Å². The highest BCUT2D eigenvalue weighted by Crippen LogP contribution is 2.29. The van der Waals surface area contributed by atoms with Crippen molar-refractivity contribution < 1.29 is 27.2 Å². The summed E-state index contributed by atoms with van der Waals surface area (Å²) in [6, 6.07) is 3.70. The van der Waals surface area contributed by atoms with Crippen molar-refractivity contribution >= 4 is 11.8 Å². The van der Waals surface area contributed by atoms with Crippen LogP contribution >= 0.6 is 0 Å². The Bertz CT molecular complexity index is 1470. The molecule has 0 fully saturated rings. The van der Waals surface area contributed by atoms with Crippen LogP contribution < -0.4 is 10.6 Å². The summed E-state index contributed by atoms with van der Waals surface area (Å²) < 4.78 is 47.1. The summed E-state index contributed by atoms with van der Waals surface area (Å²) in [4.78, 5) is 28.5. The highest BCUT2D eigenvalue weighted by atomic mass is 19.4. The number of furan rings is 1. The Kier molecular flexibility index (Phi) is 7.38. The maximum atomic E-state index is 12.8. The molecule has 204 valence electrons. The zero-order valence-electron chi connectivity index (χ0n) is 20.6. The molecule has 0 saturated heterocycles. The number of nitrogens with one attached hydrogen (secondary N) is 2. The lowest BCUT2D eigenvalue weighted by molar-refractivity contribution is -0.137. The average Bonchev–Trinajstić information content (AvgIpc) is 3.73. The third kappa shape index (κ3) is 6.48. The molecule has 0 aliphatic carbocycles.